The second-order valence-electron chi connectivity index (χ2n) is 8.58. The molecule has 32 heavy (non-hydrogen) atoms. The summed E-state index contributed by atoms with van der Waals surface area (Å²) in [6.45, 7) is 5.89. The van der Waals surface area contributed by atoms with Gasteiger partial charge >= 0.3 is 0 Å². The van der Waals surface area contributed by atoms with E-state index in [1.54, 1.807) is 12.1 Å². The average Bonchev–Trinajstić information content (AvgIpc) is 3.38. The van der Waals surface area contributed by atoms with Crippen LogP contribution in [0.1, 0.15) is 41.3 Å². The Morgan fingerprint density at radius 1 is 1.22 bits per heavy atom. The predicted molar refractivity (Wildman–Crippen MR) is 116 cm³/mol. The van der Waals surface area contributed by atoms with Gasteiger partial charge in [-0.2, -0.15) is 5.26 Å². The van der Waals surface area contributed by atoms with Crippen LogP contribution in [0.25, 0.3) is 0 Å². The Balaban J connectivity index is 1.31. The lowest BCUT2D eigenvalue weighted by molar-refractivity contribution is 0.0855. The number of fused-ring (bicyclic) bond motifs is 1. The van der Waals surface area contributed by atoms with Crippen LogP contribution in [0.4, 0.5) is 13.2 Å². The molecule has 1 heterocycles. The van der Waals surface area contributed by atoms with Crippen molar-refractivity contribution in [1.29, 1.82) is 5.26 Å². The minimum absolute atomic E-state index is 0.0349. The molecule has 4 rings (SSSR count). The molecular weight excluding hydrogens is 415 g/mol. The summed E-state index contributed by atoms with van der Waals surface area (Å²) in [5.74, 6) is -2.89. The zero-order valence-electron chi connectivity index (χ0n) is 17.8. The van der Waals surface area contributed by atoms with Crippen molar-refractivity contribution < 1.29 is 17.9 Å². The summed E-state index contributed by atoms with van der Waals surface area (Å²) >= 11 is 0. The van der Waals surface area contributed by atoms with Gasteiger partial charge in [-0.3, -0.25) is 4.90 Å². The van der Waals surface area contributed by atoms with Gasteiger partial charge in [-0.05, 0) is 34.4 Å². The summed E-state index contributed by atoms with van der Waals surface area (Å²) in [7, 11) is 0. The molecule has 0 radical (unpaired) electrons. The first-order chi connectivity index (χ1) is 15.3. The number of hydrogen-bond donors (Lipinski definition) is 1. The minimum atomic E-state index is -2.61. The lowest BCUT2D eigenvalue weighted by atomic mass is 9.97. The van der Waals surface area contributed by atoms with Crippen LogP contribution < -0.4 is 10.1 Å². The van der Waals surface area contributed by atoms with E-state index < -0.39 is 18.0 Å². The molecule has 2 unspecified atom stereocenters. The van der Waals surface area contributed by atoms with Gasteiger partial charge < -0.3 is 10.1 Å². The van der Waals surface area contributed by atoms with Crippen LogP contribution in [-0.2, 0) is 19.6 Å². The van der Waals surface area contributed by atoms with Crippen molar-refractivity contribution >= 4 is 0 Å². The fourth-order valence-corrected chi connectivity index (χ4v) is 3.90. The van der Waals surface area contributed by atoms with E-state index in [2.05, 4.69) is 22.9 Å². The SMILES string of the molecule is C=C(CC#N)NCc1ccc(CN2Cc3ccc(OCC4CC4(F)F)cc3C(F)C2)cc1. The molecule has 7 heteroatoms. The van der Waals surface area contributed by atoms with Gasteiger partial charge in [0.15, 0.2) is 0 Å². The van der Waals surface area contributed by atoms with E-state index >= 15 is 0 Å². The van der Waals surface area contributed by atoms with Gasteiger partial charge in [0.1, 0.15) is 11.9 Å². The van der Waals surface area contributed by atoms with Gasteiger partial charge in [0.2, 0.25) is 0 Å². The van der Waals surface area contributed by atoms with E-state index in [1.807, 2.05) is 30.3 Å². The van der Waals surface area contributed by atoms with E-state index in [9.17, 15) is 13.2 Å². The Morgan fingerprint density at radius 3 is 2.62 bits per heavy atom. The fourth-order valence-electron chi connectivity index (χ4n) is 3.90. The van der Waals surface area contributed by atoms with Gasteiger partial charge in [0, 0.05) is 38.3 Å². The molecule has 168 valence electrons. The summed E-state index contributed by atoms with van der Waals surface area (Å²) in [6, 6.07) is 15.4. The first-order valence-corrected chi connectivity index (χ1v) is 10.7. The van der Waals surface area contributed by atoms with Crippen molar-refractivity contribution in [3.8, 4) is 11.8 Å². The molecule has 1 N–H and O–H groups in total. The zero-order chi connectivity index (χ0) is 22.7. The number of halogens is 3. The lowest BCUT2D eigenvalue weighted by Gasteiger charge is -2.31. The topological polar surface area (TPSA) is 48.3 Å². The molecule has 0 bridgehead atoms. The Labute approximate surface area is 186 Å². The molecule has 0 spiro atoms. The number of nitrogens with one attached hydrogen (secondary N) is 1. The summed E-state index contributed by atoms with van der Waals surface area (Å²) in [5.41, 5.74) is 4.34. The number of allylic oxidation sites excluding steroid dienone is 1. The maximum atomic E-state index is 14.9. The third-order valence-electron chi connectivity index (χ3n) is 5.94. The molecule has 4 nitrogen and oxygen atoms in total. The average molecular weight is 441 g/mol. The van der Waals surface area contributed by atoms with Crippen LogP contribution in [0.15, 0.2) is 54.7 Å². The number of nitriles is 1. The number of hydrogen-bond acceptors (Lipinski definition) is 4. The minimum Gasteiger partial charge on any atom is -0.493 e. The normalized spacial score (nSPS) is 21.3. The summed E-state index contributed by atoms with van der Waals surface area (Å²) in [5, 5.41) is 11.8. The Hall–Kier alpha value is -2.98. The van der Waals surface area contributed by atoms with Crippen LogP contribution in [0.3, 0.4) is 0 Å². The monoisotopic (exact) mass is 441 g/mol. The van der Waals surface area contributed by atoms with E-state index in [1.165, 1.54) is 0 Å². The van der Waals surface area contributed by atoms with Crippen LogP contribution in [0.2, 0.25) is 0 Å². The summed E-state index contributed by atoms with van der Waals surface area (Å²) < 4.78 is 46.4. The molecule has 2 aromatic rings. The fraction of sp³-hybridized carbons (Fsp3) is 0.400. The second-order valence-corrected chi connectivity index (χ2v) is 8.58. The number of alkyl halides is 3. The van der Waals surface area contributed by atoms with Crippen LogP contribution >= 0.6 is 0 Å². The maximum absolute atomic E-state index is 14.9. The Morgan fingerprint density at radius 2 is 1.94 bits per heavy atom. The van der Waals surface area contributed by atoms with Crippen molar-refractivity contribution in [2.24, 2.45) is 5.92 Å². The van der Waals surface area contributed by atoms with Gasteiger partial charge in [-0.15, -0.1) is 0 Å². The van der Waals surface area contributed by atoms with Crippen LogP contribution in [0.5, 0.6) is 5.75 Å². The highest BCUT2D eigenvalue weighted by Gasteiger charge is 2.57. The smallest absolute Gasteiger partial charge is 0.255 e. The molecule has 1 fully saturated rings. The van der Waals surface area contributed by atoms with Gasteiger partial charge in [-0.25, -0.2) is 13.2 Å². The largest absolute Gasteiger partial charge is 0.493 e. The molecule has 2 aliphatic rings. The van der Waals surface area contributed by atoms with E-state index in [0.29, 0.717) is 36.6 Å². The number of rotatable bonds is 9. The van der Waals surface area contributed by atoms with Crippen LogP contribution in [0, 0.1) is 17.2 Å². The first kappa shape index (κ1) is 22.2. The van der Waals surface area contributed by atoms with Crippen molar-refractivity contribution in [2.75, 3.05) is 13.2 Å². The molecule has 1 aliphatic heterocycles. The van der Waals surface area contributed by atoms with Gasteiger partial charge in [-0.1, -0.05) is 36.9 Å². The molecular formula is C25H26F3N3O. The highest BCUT2D eigenvalue weighted by Crippen LogP contribution is 2.48. The third kappa shape index (κ3) is 5.43. The molecule has 1 aliphatic carbocycles. The van der Waals surface area contributed by atoms with Crippen molar-refractivity contribution in [1.82, 2.24) is 10.2 Å². The molecule has 0 saturated heterocycles. The number of ether oxygens (including phenoxy) is 1. The van der Waals surface area contributed by atoms with Gasteiger partial charge in [0.05, 0.1) is 25.0 Å². The number of nitrogens with zero attached hydrogens (tertiary/aromatic N) is 2. The quantitative estimate of drug-likeness (QED) is 0.576. The zero-order valence-corrected chi connectivity index (χ0v) is 17.8. The van der Waals surface area contributed by atoms with E-state index in [0.717, 1.165) is 16.7 Å². The third-order valence-corrected chi connectivity index (χ3v) is 5.94. The lowest BCUT2D eigenvalue weighted by Crippen LogP contribution is -2.31. The molecule has 0 amide bonds. The van der Waals surface area contributed by atoms with Crippen LogP contribution in [-0.4, -0.2) is 24.0 Å². The predicted octanol–water partition coefficient (Wildman–Crippen LogP) is 5.26. The van der Waals surface area contributed by atoms with Crippen molar-refractivity contribution in [3.05, 3.63) is 77.0 Å². The first-order valence-electron chi connectivity index (χ1n) is 10.7. The summed E-state index contributed by atoms with van der Waals surface area (Å²) in [4.78, 5) is 2.06. The Bertz CT molecular complexity index is 1020. The molecule has 1 saturated carbocycles. The maximum Gasteiger partial charge on any atom is 0.255 e. The molecule has 2 aromatic carbocycles. The highest BCUT2D eigenvalue weighted by molar-refractivity contribution is 5.39. The van der Waals surface area contributed by atoms with E-state index in [4.69, 9.17) is 10.00 Å². The van der Waals surface area contributed by atoms with Crippen molar-refractivity contribution in [2.45, 2.75) is 44.6 Å². The summed E-state index contributed by atoms with van der Waals surface area (Å²) in [6.07, 6.45) is -1.01. The second kappa shape index (κ2) is 9.25. The van der Waals surface area contributed by atoms with Crippen molar-refractivity contribution in [3.63, 3.8) is 0 Å². The Kier molecular flexibility index (Phi) is 6.43. The molecule has 0 aromatic heterocycles. The molecule has 2 atom stereocenters. The highest BCUT2D eigenvalue weighted by atomic mass is 19.3. The van der Waals surface area contributed by atoms with E-state index in [-0.39, 0.29) is 26.0 Å². The number of benzene rings is 2. The van der Waals surface area contributed by atoms with Gasteiger partial charge in [0.25, 0.3) is 5.92 Å². The standard InChI is InChI=1S/C25H26F3N3O/c1-17(8-9-29)30-12-18-2-4-19(5-3-18)13-31-14-20-6-7-22(10-23(20)24(26)15-31)32-16-21-11-25(21,27)28/h2-7,10,21,24,30H,1,8,11-16H2.